The van der Waals surface area contributed by atoms with Crippen LogP contribution in [0.15, 0.2) is 29.4 Å². The third-order valence-corrected chi connectivity index (χ3v) is 9.18. The molecule has 0 aliphatic carbocycles. The van der Waals surface area contributed by atoms with Gasteiger partial charge in [0.05, 0.1) is 5.75 Å². The van der Waals surface area contributed by atoms with E-state index in [1.807, 2.05) is 6.26 Å². The monoisotopic (exact) mass is 489 g/mol. The summed E-state index contributed by atoms with van der Waals surface area (Å²) in [5.41, 5.74) is 0.495. The highest BCUT2D eigenvalue weighted by Gasteiger charge is 2.34. The largest absolute Gasteiger partial charge is 0.345 e. The van der Waals surface area contributed by atoms with E-state index in [-0.39, 0.29) is 42.7 Å². The van der Waals surface area contributed by atoms with E-state index in [4.69, 9.17) is 0 Å². The molecule has 0 saturated carbocycles. The van der Waals surface area contributed by atoms with Crippen LogP contribution in [0.4, 0.5) is 0 Å². The summed E-state index contributed by atoms with van der Waals surface area (Å²) in [6, 6.07) is 2.53. The van der Waals surface area contributed by atoms with Gasteiger partial charge in [-0.15, -0.1) is 0 Å². The van der Waals surface area contributed by atoms with Crippen LogP contribution in [0.1, 0.15) is 13.3 Å². The Morgan fingerprint density at radius 1 is 1.26 bits per heavy atom. The Morgan fingerprint density at radius 3 is 2.61 bits per heavy atom. The number of hydrogen-bond acceptors (Lipinski definition) is 7. The van der Waals surface area contributed by atoms with Gasteiger partial charge in [0.2, 0.25) is 26.0 Å². The zero-order chi connectivity index (χ0) is 22.6. The second-order valence-electron chi connectivity index (χ2n) is 7.14. The van der Waals surface area contributed by atoms with E-state index in [1.54, 1.807) is 18.3 Å². The van der Waals surface area contributed by atoms with Crippen molar-refractivity contribution in [3.8, 4) is 0 Å². The van der Waals surface area contributed by atoms with E-state index >= 15 is 0 Å². The first-order valence-electron chi connectivity index (χ1n) is 9.89. The molecule has 172 valence electrons. The number of fused-ring (bicyclic) bond motifs is 1. The molecule has 1 aliphatic heterocycles. The quantitative estimate of drug-likeness (QED) is 0.523. The SMILES string of the molecule is CCS(=O)(=O)NC(CCSC)C(=O)N1CCN(S(=O)(=O)c2c[nH]c3ncccc23)CC1. The summed E-state index contributed by atoms with van der Waals surface area (Å²) in [5, 5.41) is 0.520. The van der Waals surface area contributed by atoms with Gasteiger partial charge >= 0.3 is 0 Å². The number of rotatable bonds is 9. The van der Waals surface area contributed by atoms with E-state index in [9.17, 15) is 21.6 Å². The van der Waals surface area contributed by atoms with Gasteiger partial charge in [-0.25, -0.2) is 26.5 Å². The van der Waals surface area contributed by atoms with Crippen molar-refractivity contribution in [2.75, 3.05) is 43.9 Å². The van der Waals surface area contributed by atoms with Crippen molar-refractivity contribution in [2.24, 2.45) is 0 Å². The molecule has 2 aromatic heterocycles. The number of H-pyrrole nitrogens is 1. The number of thioether (sulfide) groups is 1. The van der Waals surface area contributed by atoms with Gasteiger partial charge in [0.1, 0.15) is 16.6 Å². The van der Waals surface area contributed by atoms with Crippen LogP contribution in [0.3, 0.4) is 0 Å². The number of aromatic amines is 1. The van der Waals surface area contributed by atoms with Gasteiger partial charge in [0.15, 0.2) is 0 Å². The fraction of sp³-hybridized carbons (Fsp3) is 0.556. The summed E-state index contributed by atoms with van der Waals surface area (Å²) in [6.07, 6.45) is 5.28. The third kappa shape index (κ3) is 5.40. The van der Waals surface area contributed by atoms with Crippen molar-refractivity contribution >= 4 is 48.7 Å². The van der Waals surface area contributed by atoms with Gasteiger partial charge in [-0.2, -0.15) is 16.1 Å². The maximum absolute atomic E-state index is 13.1. The molecule has 13 heteroatoms. The summed E-state index contributed by atoms with van der Waals surface area (Å²) >= 11 is 1.53. The average Bonchev–Trinajstić information content (AvgIpc) is 3.21. The van der Waals surface area contributed by atoms with Crippen LogP contribution in [0.2, 0.25) is 0 Å². The minimum Gasteiger partial charge on any atom is -0.345 e. The van der Waals surface area contributed by atoms with Gasteiger partial charge in [0.25, 0.3) is 0 Å². The van der Waals surface area contributed by atoms with Gasteiger partial charge in [-0.1, -0.05) is 0 Å². The second-order valence-corrected chi connectivity index (χ2v) is 12.1. The molecule has 0 aromatic carbocycles. The van der Waals surface area contributed by atoms with E-state index < -0.39 is 26.1 Å². The minimum atomic E-state index is -3.75. The number of piperazine rings is 1. The highest BCUT2D eigenvalue weighted by atomic mass is 32.2. The number of aromatic nitrogens is 2. The first kappa shape index (κ1) is 24.0. The number of carbonyl (C=O) groups is 1. The molecule has 3 rings (SSSR count). The van der Waals surface area contributed by atoms with E-state index in [0.717, 1.165) is 0 Å². The number of sulfonamides is 2. The lowest BCUT2D eigenvalue weighted by Gasteiger charge is -2.35. The fourth-order valence-corrected chi connectivity index (χ4v) is 6.28. The van der Waals surface area contributed by atoms with E-state index in [1.165, 1.54) is 34.1 Å². The van der Waals surface area contributed by atoms with E-state index in [0.29, 0.717) is 23.2 Å². The number of nitrogens with one attached hydrogen (secondary N) is 2. The smallest absolute Gasteiger partial charge is 0.245 e. The summed E-state index contributed by atoms with van der Waals surface area (Å²) in [5.74, 6) is 0.201. The van der Waals surface area contributed by atoms with Gasteiger partial charge < -0.3 is 9.88 Å². The highest BCUT2D eigenvalue weighted by Crippen LogP contribution is 2.25. The molecule has 2 N–H and O–H groups in total. The summed E-state index contributed by atoms with van der Waals surface area (Å²) in [6.45, 7) is 2.18. The number of carbonyl (C=O) groups excluding carboxylic acids is 1. The highest BCUT2D eigenvalue weighted by molar-refractivity contribution is 7.98. The molecule has 1 unspecified atom stereocenters. The van der Waals surface area contributed by atoms with Crippen LogP contribution >= 0.6 is 11.8 Å². The van der Waals surface area contributed by atoms with Crippen LogP contribution in [-0.4, -0.2) is 91.9 Å². The molecule has 1 atom stereocenters. The van der Waals surface area contributed by atoms with Crippen LogP contribution in [0.25, 0.3) is 11.0 Å². The number of nitrogens with zero attached hydrogens (tertiary/aromatic N) is 3. The summed E-state index contributed by atoms with van der Waals surface area (Å²) < 4.78 is 54.1. The first-order chi connectivity index (χ1) is 14.7. The van der Waals surface area contributed by atoms with Crippen molar-refractivity contribution in [3.63, 3.8) is 0 Å². The fourth-order valence-electron chi connectivity index (χ4n) is 3.42. The molecule has 0 spiro atoms. The Kier molecular flexibility index (Phi) is 7.63. The van der Waals surface area contributed by atoms with Gasteiger partial charge in [0, 0.05) is 44.0 Å². The normalized spacial score (nSPS) is 17.2. The average molecular weight is 490 g/mol. The Hall–Kier alpha value is -1.67. The molecular weight excluding hydrogens is 462 g/mol. The molecule has 0 bridgehead atoms. The van der Waals surface area contributed by atoms with Crippen LogP contribution in [0.5, 0.6) is 0 Å². The van der Waals surface area contributed by atoms with Gasteiger partial charge in [-0.3, -0.25) is 4.79 Å². The lowest BCUT2D eigenvalue weighted by atomic mass is 10.2. The molecule has 1 saturated heterocycles. The number of hydrogen-bond donors (Lipinski definition) is 2. The van der Waals surface area contributed by atoms with Crippen LogP contribution in [0, 0.1) is 0 Å². The van der Waals surface area contributed by atoms with Crippen molar-refractivity contribution in [1.82, 2.24) is 23.9 Å². The minimum absolute atomic E-state index is 0.110. The van der Waals surface area contributed by atoms with Crippen molar-refractivity contribution in [1.29, 1.82) is 0 Å². The van der Waals surface area contributed by atoms with E-state index in [2.05, 4.69) is 14.7 Å². The topological polar surface area (TPSA) is 133 Å². The molecule has 1 aliphatic rings. The first-order valence-corrected chi connectivity index (χ1v) is 14.4. The second kappa shape index (κ2) is 9.86. The molecule has 1 fully saturated rings. The number of pyridine rings is 1. The van der Waals surface area contributed by atoms with Gasteiger partial charge in [-0.05, 0) is 37.5 Å². The summed E-state index contributed by atoms with van der Waals surface area (Å²) in [4.78, 5) is 21.7. The Morgan fingerprint density at radius 2 is 1.97 bits per heavy atom. The van der Waals surface area contributed by atoms with Crippen molar-refractivity contribution in [2.45, 2.75) is 24.3 Å². The Bertz CT molecular complexity index is 1120. The third-order valence-electron chi connectivity index (χ3n) is 5.19. The zero-order valence-electron chi connectivity index (χ0n) is 17.4. The maximum Gasteiger partial charge on any atom is 0.245 e. The molecule has 0 radical (unpaired) electrons. The molecular formula is C18H27N5O5S3. The molecule has 2 aromatic rings. The maximum atomic E-state index is 13.1. The molecule has 1 amide bonds. The predicted molar refractivity (Wildman–Crippen MR) is 121 cm³/mol. The zero-order valence-corrected chi connectivity index (χ0v) is 19.9. The molecule has 10 nitrogen and oxygen atoms in total. The lowest BCUT2D eigenvalue weighted by Crippen LogP contribution is -2.56. The number of amides is 1. The predicted octanol–water partition coefficient (Wildman–Crippen LogP) is 0.457. The van der Waals surface area contributed by atoms with Crippen molar-refractivity contribution in [3.05, 3.63) is 24.5 Å². The van der Waals surface area contributed by atoms with Crippen molar-refractivity contribution < 1.29 is 21.6 Å². The Labute approximate surface area is 186 Å². The van der Waals surface area contributed by atoms with Crippen LogP contribution in [-0.2, 0) is 24.8 Å². The lowest BCUT2D eigenvalue weighted by molar-refractivity contribution is -0.134. The molecule has 31 heavy (non-hydrogen) atoms. The van der Waals surface area contributed by atoms with Crippen LogP contribution < -0.4 is 4.72 Å². The standard InChI is InChI=1S/C18H27N5O5S3/c1-3-30(25,26)21-15(6-12-29-2)18(24)22-8-10-23(11-9-22)31(27,28)16-13-20-17-14(16)5-4-7-19-17/h4-5,7,13,15,21H,3,6,8-12H2,1-2H3,(H,19,20). The molecule has 3 heterocycles. The Balaban J connectivity index is 1.70. The summed E-state index contributed by atoms with van der Waals surface area (Å²) in [7, 11) is -7.29.